The van der Waals surface area contributed by atoms with Gasteiger partial charge in [-0.1, -0.05) is 6.07 Å². The molecule has 0 saturated carbocycles. The highest BCUT2D eigenvalue weighted by molar-refractivity contribution is 7.92. The standard InChI is InChI=1S/C15H16FNO3S/c1-3-17(13-5-4-6-14(18)10-13)21(19,20)15-8-7-12(16)9-11(15)2/h4-10,18H,3H2,1-2H3. The zero-order valence-electron chi connectivity index (χ0n) is 11.7. The minimum Gasteiger partial charge on any atom is -0.508 e. The lowest BCUT2D eigenvalue weighted by molar-refractivity contribution is 0.475. The van der Waals surface area contributed by atoms with Crippen molar-refractivity contribution in [1.29, 1.82) is 0 Å². The Morgan fingerprint density at radius 3 is 2.48 bits per heavy atom. The van der Waals surface area contributed by atoms with E-state index in [2.05, 4.69) is 0 Å². The molecule has 0 atom stereocenters. The maximum absolute atomic E-state index is 13.2. The highest BCUT2D eigenvalue weighted by Gasteiger charge is 2.25. The third-order valence-electron chi connectivity index (χ3n) is 3.11. The number of phenolic OH excluding ortho intramolecular Hbond substituents is 1. The molecule has 0 bridgehead atoms. The molecule has 21 heavy (non-hydrogen) atoms. The predicted octanol–water partition coefficient (Wildman–Crippen LogP) is 3.05. The fourth-order valence-electron chi connectivity index (χ4n) is 2.16. The zero-order valence-corrected chi connectivity index (χ0v) is 12.6. The van der Waals surface area contributed by atoms with Crippen molar-refractivity contribution in [3.05, 3.63) is 53.8 Å². The van der Waals surface area contributed by atoms with Gasteiger partial charge in [-0.05, 0) is 49.7 Å². The Balaban J connectivity index is 2.54. The third-order valence-corrected chi connectivity index (χ3v) is 5.17. The van der Waals surface area contributed by atoms with E-state index in [0.29, 0.717) is 11.3 Å². The average molecular weight is 309 g/mol. The molecule has 0 saturated heterocycles. The molecule has 0 radical (unpaired) electrons. The Bertz CT molecular complexity index is 759. The molecule has 2 aromatic rings. The van der Waals surface area contributed by atoms with Gasteiger partial charge in [0, 0.05) is 12.6 Å². The molecule has 4 nitrogen and oxygen atoms in total. The number of halogens is 1. The quantitative estimate of drug-likeness (QED) is 0.944. The number of aryl methyl sites for hydroxylation is 1. The lowest BCUT2D eigenvalue weighted by atomic mass is 10.2. The lowest BCUT2D eigenvalue weighted by Crippen LogP contribution is -2.31. The summed E-state index contributed by atoms with van der Waals surface area (Å²) in [7, 11) is -3.81. The van der Waals surface area contributed by atoms with Gasteiger partial charge in [0.15, 0.2) is 0 Å². The normalized spacial score (nSPS) is 11.4. The predicted molar refractivity (Wildman–Crippen MR) is 79.4 cm³/mol. The first-order valence-corrected chi connectivity index (χ1v) is 7.88. The number of hydrogen-bond acceptors (Lipinski definition) is 3. The van der Waals surface area contributed by atoms with E-state index in [4.69, 9.17) is 0 Å². The highest BCUT2D eigenvalue weighted by Crippen LogP contribution is 2.27. The van der Waals surface area contributed by atoms with Gasteiger partial charge in [-0.3, -0.25) is 4.31 Å². The fraction of sp³-hybridized carbons (Fsp3) is 0.200. The molecule has 2 rings (SSSR count). The van der Waals surface area contributed by atoms with Crippen molar-refractivity contribution in [3.63, 3.8) is 0 Å². The summed E-state index contributed by atoms with van der Waals surface area (Å²) in [5.74, 6) is -0.496. The molecule has 0 aliphatic heterocycles. The second-order valence-electron chi connectivity index (χ2n) is 4.60. The van der Waals surface area contributed by atoms with Gasteiger partial charge in [0.1, 0.15) is 11.6 Å². The number of phenols is 1. The van der Waals surface area contributed by atoms with Crippen LogP contribution in [0.3, 0.4) is 0 Å². The fourth-order valence-corrected chi connectivity index (χ4v) is 3.83. The van der Waals surface area contributed by atoms with Gasteiger partial charge in [-0.2, -0.15) is 0 Å². The van der Waals surface area contributed by atoms with Gasteiger partial charge in [0.2, 0.25) is 0 Å². The SMILES string of the molecule is CCN(c1cccc(O)c1)S(=O)(=O)c1ccc(F)cc1C. The van der Waals surface area contributed by atoms with Crippen LogP contribution in [-0.2, 0) is 10.0 Å². The Kier molecular flexibility index (Phi) is 4.18. The minimum absolute atomic E-state index is 0.0167. The molecule has 112 valence electrons. The van der Waals surface area contributed by atoms with Crippen LogP contribution in [0.5, 0.6) is 5.75 Å². The van der Waals surface area contributed by atoms with Crippen molar-refractivity contribution in [2.75, 3.05) is 10.8 Å². The number of benzene rings is 2. The molecular formula is C15H16FNO3S. The van der Waals surface area contributed by atoms with Crippen LogP contribution >= 0.6 is 0 Å². The molecule has 0 heterocycles. The first kappa shape index (κ1) is 15.3. The van der Waals surface area contributed by atoms with Crippen molar-refractivity contribution in [2.45, 2.75) is 18.7 Å². The van der Waals surface area contributed by atoms with E-state index in [0.717, 1.165) is 6.07 Å². The third kappa shape index (κ3) is 3.00. The molecule has 0 aromatic heterocycles. The smallest absolute Gasteiger partial charge is 0.264 e. The second kappa shape index (κ2) is 5.73. The number of nitrogens with zero attached hydrogens (tertiary/aromatic N) is 1. The van der Waals surface area contributed by atoms with Crippen LogP contribution in [0.4, 0.5) is 10.1 Å². The van der Waals surface area contributed by atoms with E-state index < -0.39 is 15.8 Å². The van der Waals surface area contributed by atoms with Crippen molar-refractivity contribution >= 4 is 15.7 Å². The molecule has 2 aromatic carbocycles. The molecule has 0 fully saturated rings. The van der Waals surface area contributed by atoms with Crippen LogP contribution in [0, 0.1) is 12.7 Å². The Morgan fingerprint density at radius 1 is 1.19 bits per heavy atom. The number of anilines is 1. The Hall–Kier alpha value is -2.08. The maximum Gasteiger partial charge on any atom is 0.264 e. The molecule has 0 aliphatic carbocycles. The van der Waals surface area contributed by atoms with Gasteiger partial charge < -0.3 is 5.11 Å². The van der Waals surface area contributed by atoms with Crippen molar-refractivity contribution in [3.8, 4) is 5.75 Å². The van der Waals surface area contributed by atoms with Gasteiger partial charge in [0.05, 0.1) is 10.6 Å². The summed E-state index contributed by atoms with van der Waals surface area (Å²) in [6.45, 7) is 3.44. The number of hydrogen-bond donors (Lipinski definition) is 1. The number of rotatable bonds is 4. The van der Waals surface area contributed by atoms with Crippen LogP contribution in [0.25, 0.3) is 0 Å². The summed E-state index contributed by atoms with van der Waals surface area (Å²) in [6, 6.07) is 9.57. The van der Waals surface area contributed by atoms with Crippen molar-refractivity contribution in [2.24, 2.45) is 0 Å². The van der Waals surface area contributed by atoms with E-state index in [9.17, 15) is 17.9 Å². The molecule has 0 unspecified atom stereocenters. The monoisotopic (exact) mass is 309 g/mol. The van der Waals surface area contributed by atoms with Gasteiger partial charge in [0.25, 0.3) is 10.0 Å². The van der Waals surface area contributed by atoms with Crippen LogP contribution in [0.15, 0.2) is 47.4 Å². The summed E-state index contributed by atoms with van der Waals surface area (Å²) < 4.78 is 39.8. The van der Waals surface area contributed by atoms with Gasteiger partial charge in [-0.25, -0.2) is 12.8 Å². The van der Waals surface area contributed by atoms with Crippen molar-refractivity contribution in [1.82, 2.24) is 0 Å². The van der Waals surface area contributed by atoms with Crippen LogP contribution in [0.1, 0.15) is 12.5 Å². The summed E-state index contributed by atoms with van der Waals surface area (Å²) in [5, 5.41) is 9.51. The molecule has 6 heteroatoms. The summed E-state index contributed by atoms with van der Waals surface area (Å²) in [6.07, 6.45) is 0. The molecular weight excluding hydrogens is 293 g/mol. The average Bonchev–Trinajstić information content (AvgIpc) is 2.38. The largest absolute Gasteiger partial charge is 0.508 e. The Morgan fingerprint density at radius 2 is 1.90 bits per heavy atom. The molecule has 1 N–H and O–H groups in total. The van der Waals surface area contributed by atoms with Crippen LogP contribution in [-0.4, -0.2) is 20.1 Å². The lowest BCUT2D eigenvalue weighted by Gasteiger charge is -2.24. The first-order chi connectivity index (χ1) is 9.86. The van der Waals surface area contributed by atoms with E-state index in [1.54, 1.807) is 26.0 Å². The maximum atomic E-state index is 13.2. The zero-order chi connectivity index (χ0) is 15.6. The molecule has 0 spiro atoms. The Labute approximate surface area is 123 Å². The summed E-state index contributed by atoms with van der Waals surface area (Å²) >= 11 is 0. The minimum atomic E-state index is -3.81. The molecule has 0 amide bonds. The van der Waals surface area contributed by atoms with Crippen LogP contribution < -0.4 is 4.31 Å². The number of aromatic hydroxyl groups is 1. The topological polar surface area (TPSA) is 57.6 Å². The second-order valence-corrected chi connectivity index (χ2v) is 6.43. The number of sulfonamides is 1. The summed E-state index contributed by atoms with van der Waals surface area (Å²) in [5.41, 5.74) is 0.704. The highest BCUT2D eigenvalue weighted by atomic mass is 32.2. The molecule has 0 aliphatic rings. The summed E-state index contributed by atoms with van der Waals surface area (Å²) in [4.78, 5) is 0.0501. The van der Waals surface area contributed by atoms with Crippen molar-refractivity contribution < 1.29 is 17.9 Å². The first-order valence-electron chi connectivity index (χ1n) is 6.44. The van der Waals surface area contributed by atoms with E-state index in [-0.39, 0.29) is 17.2 Å². The van der Waals surface area contributed by atoms with E-state index in [1.807, 2.05) is 0 Å². The van der Waals surface area contributed by atoms with Crippen LogP contribution in [0.2, 0.25) is 0 Å². The van der Waals surface area contributed by atoms with E-state index >= 15 is 0 Å². The van der Waals surface area contributed by atoms with Gasteiger partial charge in [-0.15, -0.1) is 0 Å². The van der Waals surface area contributed by atoms with E-state index in [1.165, 1.54) is 28.6 Å². The van der Waals surface area contributed by atoms with Gasteiger partial charge >= 0.3 is 0 Å².